The number of aliphatic hydroxyl groups excluding tert-OH is 3. The van der Waals surface area contributed by atoms with E-state index in [1.165, 1.54) is 29.9 Å². The predicted molar refractivity (Wildman–Crippen MR) is 291 cm³/mol. The van der Waals surface area contributed by atoms with E-state index in [1.807, 2.05) is 30.3 Å². The van der Waals surface area contributed by atoms with E-state index in [0.717, 1.165) is 22.6 Å². The van der Waals surface area contributed by atoms with Gasteiger partial charge >= 0.3 is 53.6 Å². The zero-order valence-electron chi connectivity index (χ0n) is 43.6. The molecule has 0 bridgehead atoms. The summed E-state index contributed by atoms with van der Waals surface area (Å²) in [6.07, 6.45) is 2.06. The van der Waals surface area contributed by atoms with Gasteiger partial charge in [-0.3, -0.25) is 14.4 Å². The van der Waals surface area contributed by atoms with Gasteiger partial charge in [0.05, 0.1) is 36.1 Å². The Kier molecular flexibility index (Phi) is 28.3. The Balaban J connectivity index is 0.000000269. The van der Waals surface area contributed by atoms with Crippen LogP contribution in [-0.4, -0.2) is 140 Å². The molecule has 9 N–H and O–H groups in total. The van der Waals surface area contributed by atoms with E-state index in [9.17, 15) is 43.4 Å². The summed E-state index contributed by atoms with van der Waals surface area (Å²) in [6, 6.07) is 31.0. The maximum atomic E-state index is 14.9. The summed E-state index contributed by atoms with van der Waals surface area (Å²) in [7, 11) is 0. The Hall–Kier alpha value is -6.34. The molecular weight excluding hydrogens is 1130 g/mol. The Morgan fingerprint density at radius 1 is 0.728 bits per heavy atom. The van der Waals surface area contributed by atoms with Crippen LogP contribution < -0.4 is 56.1 Å². The number of carboxylic acids is 2. The average Bonchev–Trinajstić information content (AvgIpc) is 3.83. The number of halogens is 4. The standard InChI is InChI=1S/C30H31ClFN3O3.C12H13ClN2O4.C7H4ClNO.C5H9NO3.CH2O3.Na/c31-23-9-11-24(12-10-23)34-30(38)35-18-25(36)16-27(35)28(37)15-22-14-21(8-13-26(22)32)29(33-17-19-6-7-19)20-4-2-1-3-5-20;13-7-1-3-8(4-2-7)14-12(19)15-6-9(16)5-10(15)11(17)18;8-6-1-3-7(4-2-6)9-5-10;7-3-1-4(5(8)9)6-2-3;2-1-4-3;/h1-5,8-14,19,25,27,29,33,36H,6-7,15-18H2,(H,34,38);1-4,9-10,16H,5-6H2,(H,14,19)(H,17,18);1-4H;3-4,6-7H,1-2H2,(H,8,9);1,3H;/q;;;;;+1/p-1/t25-,27-,29?;9-,10-;;3-,4-;;/m11.1../s1. The molecule has 1 aliphatic carbocycles. The number of urea groups is 2. The normalized spacial score (nSPS) is 19.7. The SMILES string of the molecule is O=C(Cc1cc(C(NCC2CC2)c2ccccc2)ccc1F)[C@H]1C[C@@H](O)CN1C(=O)Nc1ccc(Cl)cc1.O=C(O)[C@H]1C[C@@H](O)CN1.O=C(O)[C@H]1C[C@@H](O)CN1C(=O)Nc1ccc(Cl)cc1.O=C=Nc1ccc(Cl)cc1.O=CO[O-].[Na+]. The Bertz CT molecular complexity index is 2900. The third kappa shape index (κ3) is 22.5. The van der Waals surface area contributed by atoms with Gasteiger partial charge in [-0.15, -0.1) is 0 Å². The van der Waals surface area contributed by atoms with Crippen LogP contribution in [0.1, 0.15) is 54.8 Å². The van der Waals surface area contributed by atoms with Crippen molar-refractivity contribution in [2.45, 2.75) is 81.0 Å². The molecule has 7 atom stereocenters. The van der Waals surface area contributed by atoms with Crippen LogP contribution in [0.5, 0.6) is 0 Å². The molecule has 3 heterocycles. The van der Waals surface area contributed by atoms with E-state index < -0.39 is 66.3 Å². The molecule has 0 aromatic heterocycles. The van der Waals surface area contributed by atoms with E-state index in [4.69, 9.17) is 60.2 Å². The molecule has 1 unspecified atom stereocenters. The number of hydrogen-bond donors (Lipinski definition) is 9. The second-order valence-electron chi connectivity index (χ2n) is 18.6. The van der Waals surface area contributed by atoms with Gasteiger partial charge in [-0.2, -0.15) is 4.99 Å². The number of ketones is 1. The zero-order chi connectivity index (χ0) is 58.3. The van der Waals surface area contributed by atoms with Crippen molar-refractivity contribution in [3.05, 3.63) is 159 Å². The predicted octanol–water partition coefficient (Wildman–Crippen LogP) is 3.28. The number of Topliss-reactive ketones (excluding diaryl/α,β-unsaturated/α-hetero) is 1. The number of nitrogens with one attached hydrogen (secondary N) is 4. The Labute approximate surface area is 502 Å². The van der Waals surface area contributed by atoms with Gasteiger partial charge in [0.15, 0.2) is 5.78 Å². The number of benzene rings is 5. The summed E-state index contributed by atoms with van der Waals surface area (Å²) in [5.41, 5.74) is 3.84. The van der Waals surface area contributed by atoms with Gasteiger partial charge in [0.1, 0.15) is 17.9 Å². The summed E-state index contributed by atoms with van der Waals surface area (Å²) in [6.45, 7) is 1.13. The molecule has 1 saturated carbocycles. The van der Waals surface area contributed by atoms with Crippen LogP contribution in [0.25, 0.3) is 0 Å². The number of amides is 4. The molecule has 3 saturated heterocycles. The van der Waals surface area contributed by atoms with Crippen molar-refractivity contribution in [2.75, 3.05) is 36.8 Å². The number of anilines is 2. The summed E-state index contributed by atoms with van der Waals surface area (Å²) in [4.78, 5) is 86.3. The van der Waals surface area contributed by atoms with Crippen molar-refractivity contribution < 1.29 is 103 Å². The van der Waals surface area contributed by atoms with E-state index in [1.54, 1.807) is 84.9 Å². The Morgan fingerprint density at radius 2 is 1.23 bits per heavy atom. The number of rotatable bonds is 14. The van der Waals surface area contributed by atoms with Gasteiger partial charge < -0.3 is 66.7 Å². The van der Waals surface area contributed by atoms with Crippen molar-refractivity contribution in [1.29, 1.82) is 0 Å². The molecule has 4 fully saturated rings. The first-order valence-electron chi connectivity index (χ1n) is 24.8. The van der Waals surface area contributed by atoms with Crippen molar-refractivity contribution in [2.24, 2.45) is 10.9 Å². The largest absolute Gasteiger partial charge is 1.00 e. The number of aliphatic imine (C=N–C) groups is 1. The van der Waals surface area contributed by atoms with Crippen molar-refractivity contribution in [1.82, 2.24) is 20.4 Å². The van der Waals surface area contributed by atoms with E-state index in [-0.39, 0.29) is 85.8 Å². The summed E-state index contributed by atoms with van der Waals surface area (Å²) < 4.78 is 14.9. The van der Waals surface area contributed by atoms with Crippen molar-refractivity contribution >= 4 is 94.2 Å². The third-order valence-corrected chi connectivity index (χ3v) is 13.3. The summed E-state index contributed by atoms with van der Waals surface area (Å²) >= 11 is 17.2. The van der Waals surface area contributed by atoms with Gasteiger partial charge in [0.2, 0.25) is 6.08 Å². The van der Waals surface area contributed by atoms with E-state index in [2.05, 4.69) is 31.1 Å². The molecule has 426 valence electrons. The minimum Gasteiger partial charge on any atom is -0.662 e. The number of hydrogen-bond acceptors (Lipinski definition) is 15. The third-order valence-electron chi connectivity index (χ3n) is 12.6. The van der Waals surface area contributed by atoms with E-state index in [0.29, 0.717) is 51.0 Å². The second-order valence-corrected chi connectivity index (χ2v) is 19.9. The van der Waals surface area contributed by atoms with Crippen LogP contribution in [0.2, 0.25) is 15.1 Å². The summed E-state index contributed by atoms with van der Waals surface area (Å²) in [5.74, 6) is -2.12. The smallest absolute Gasteiger partial charge is 0.662 e. The summed E-state index contributed by atoms with van der Waals surface area (Å²) in [5, 5.41) is 67.6. The van der Waals surface area contributed by atoms with Gasteiger partial charge in [0.25, 0.3) is 6.47 Å². The molecule has 9 rings (SSSR count). The number of carbonyl (C=O) groups excluding carboxylic acids is 5. The van der Waals surface area contributed by atoms with Crippen LogP contribution in [0.4, 0.5) is 31.0 Å². The molecule has 5 aromatic rings. The van der Waals surface area contributed by atoms with Crippen LogP contribution >= 0.6 is 34.8 Å². The minimum atomic E-state index is -1.12. The first-order chi connectivity index (χ1) is 38.3. The van der Waals surface area contributed by atoms with E-state index >= 15 is 0 Å². The van der Waals surface area contributed by atoms with Crippen LogP contribution in [-0.2, 0) is 35.3 Å². The number of aliphatic carboxylic acids is 2. The number of likely N-dealkylation sites (tertiary alicyclic amines) is 2. The number of aliphatic hydroxyl groups is 3. The number of isocyanates is 1. The number of carboxylic acid groups (broad SMARTS) is 2. The molecule has 3 aliphatic heterocycles. The van der Waals surface area contributed by atoms with Gasteiger partial charge in [-0.25, -0.2) is 23.6 Å². The minimum absolute atomic E-state index is 0. The Morgan fingerprint density at radius 3 is 1.68 bits per heavy atom. The molecule has 4 amide bonds. The molecule has 0 spiro atoms. The molecule has 5 aromatic carbocycles. The number of β-amino-alcohol motifs (C(OH)–C–C–N with tert-alkyl or cyclic N) is 3. The van der Waals surface area contributed by atoms with Crippen molar-refractivity contribution in [3.8, 4) is 0 Å². The molecular formula is C55H58Cl3FN7NaO14. The zero-order valence-corrected chi connectivity index (χ0v) is 47.8. The maximum Gasteiger partial charge on any atom is 1.00 e. The second kappa shape index (κ2) is 34.2. The fourth-order valence-electron chi connectivity index (χ4n) is 8.44. The first-order valence-corrected chi connectivity index (χ1v) is 26.0. The number of nitrogens with zero attached hydrogens (tertiary/aromatic N) is 3. The van der Waals surface area contributed by atoms with Gasteiger partial charge in [0, 0.05) is 71.8 Å². The first kappa shape index (κ1) is 67.2. The number of carbonyl (C=O) groups is 6. The maximum absolute atomic E-state index is 14.9. The van der Waals surface area contributed by atoms with Crippen LogP contribution in [0.15, 0.2) is 126 Å². The fraction of sp³-hybridized carbons (Fsp3) is 0.327. The topological polar surface area (TPSA) is 320 Å². The monoisotopic (exact) mass is 1190 g/mol. The van der Waals surface area contributed by atoms with Gasteiger partial charge in [-0.05, 0) is 121 Å². The van der Waals surface area contributed by atoms with Crippen LogP contribution in [0.3, 0.4) is 0 Å². The van der Waals surface area contributed by atoms with Crippen molar-refractivity contribution in [3.63, 3.8) is 0 Å². The van der Waals surface area contributed by atoms with Crippen LogP contribution in [0, 0.1) is 11.7 Å². The molecule has 0 radical (unpaired) electrons. The average molecular weight is 1190 g/mol. The molecule has 4 aliphatic rings. The fourth-order valence-corrected chi connectivity index (χ4v) is 8.82. The molecule has 26 heteroatoms. The molecule has 81 heavy (non-hydrogen) atoms. The quantitative estimate of drug-likeness (QED) is 0.0192. The molecule has 21 nitrogen and oxygen atoms in total. The van der Waals surface area contributed by atoms with Gasteiger partial charge in [-0.1, -0.05) is 77.3 Å².